The lowest BCUT2D eigenvalue weighted by Gasteiger charge is -2.05. The molecule has 0 atom stereocenters. The summed E-state index contributed by atoms with van der Waals surface area (Å²) in [7, 11) is 0. The van der Waals surface area contributed by atoms with Gasteiger partial charge >= 0.3 is 0 Å². The molecule has 2 aromatic heterocycles. The quantitative estimate of drug-likeness (QED) is 0.574. The second-order valence-corrected chi connectivity index (χ2v) is 6.25. The Hall–Kier alpha value is -1.37. The highest BCUT2D eigenvalue weighted by molar-refractivity contribution is 7.98. The Morgan fingerprint density at radius 1 is 1.30 bits per heavy atom. The number of benzene rings is 1. The molecule has 1 aromatic carbocycles. The number of thiophene rings is 1. The number of nitrogens with two attached hydrogens (primary N) is 1. The molecule has 0 aliphatic rings. The smallest absolute Gasteiger partial charge is 0.191 e. The zero-order chi connectivity index (χ0) is 14.1. The molecule has 7 heteroatoms. The molecule has 0 unspecified atom stereocenters. The summed E-state index contributed by atoms with van der Waals surface area (Å²) < 4.78 is 13.3. The Kier molecular flexibility index (Phi) is 3.78. The standard InChI is InChI=1S/C13H9ClFN3S2/c14-10-7(2-1-3-9(10)15)6-20-13-17-11(16)8-4-5-19-12(8)18-13/h1-5H,6H2,(H2,16,17,18). The zero-order valence-corrected chi connectivity index (χ0v) is 12.5. The first kappa shape index (κ1) is 13.6. The van der Waals surface area contributed by atoms with E-state index in [0.29, 0.717) is 22.3 Å². The van der Waals surface area contributed by atoms with E-state index < -0.39 is 5.82 Å². The predicted octanol–water partition coefficient (Wildman–Crippen LogP) is 4.36. The second kappa shape index (κ2) is 5.55. The molecule has 2 heterocycles. The van der Waals surface area contributed by atoms with Crippen molar-refractivity contribution in [2.24, 2.45) is 0 Å². The largest absolute Gasteiger partial charge is 0.383 e. The Labute approximate surface area is 128 Å². The Bertz CT molecular complexity index is 775. The molecule has 3 rings (SSSR count). The number of thioether (sulfide) groups is 1. The van der Waals surface area contributed by atoms with Gasteiger partial charge in [0.15, 0.2) is 5.16 Å². The fourth-order valence-electron chi connectivity index (χ4n) is 1.72. The summed E-state index contributed by atoms with van der Waals surface area (Å²) in [5.74, 6) is 0.537. The molecule has 0 amide bonds. The molecule has 20 heavy (non-hydrogen) atoms. The van der Waals surface area contributed by atoms with E-state index in [1.54, 1.807) is 12.1 Å². The highest BCUT2D eigenvalue weighted by Gasteiger charge is 2.10. The van der Waals surface area contributed by atoms with Crippen molar-refractivity contribution < 1.29 is 4.39 Å². The molecule has 3 nitrogen and oxygen atoms in total. The summed E-state index contributed by atoms with van der Waals surface area (Å²) >= 11 is 8.81. The Balaban J connectivity index is 1.84. The van der Waals surface area contributed by atoms with Gasteiger partial charge in [-0.25, -0.2) is 14.4 Å². The molecular weight excluding hydrogens is 317 g/mol. The van der Waals surface area contributed by atoms with Crippen LogP contribution in [0.2, 0.25) is 5.02 Å². The molecule has 0 spiro atoms. The van der Waals surface area contributed by atoms with Crippen LogP contribution in [0.1, 0.15) is 5.56 Å². The van der Waals surface area contributed by atoms with Gasteiger partial charge in [0.2, 0.25) is 0 Å². The number of anilines is 1. The van der Waals surface area contributed by atoms with Gasteiger partial charge in [-0.1, -0.05) is 35.5 Å². The number of halogens is 2. The maximum absolute atomic E-state index is 13.3. The van der Waals surface area contributed by atoms with E-state index in [4.69, 9.17) is 17.3 Å². The first-order chi connectivity index (χ1) is 9.65. The number of hydrogen-bond acceptors (Lipinski definition) is 5. The van der Waals surface area contributed by atoms with Gasteiger partial charge in [-0.15, -0.1) is 11.3 Å². The third kappa shape index (κ3) is 2.59. The summed E-state index contributed by atoms with van der Waals surface area (Å²) in [6.07, 6.45) is 0. The minimum Gasteiger partial charge on any atom is -0.383 e. The molecule has 0 saturated carbocycles. The van der Waals surface area contributed by atoms with E-state index in [1.807, 2.05) is 11.4 Å². The Morgan fingerprint density at radius 3 is 3.00 bits per heavy atom. The summed E-state index contributed by atoms with van der Waals surface area (Å²) in [6, 6.07) is 6.65. The van der Waals surface area contributed by atoms with Crippen LogP contribution in [0.3, 0.4) is 0 Å². The third-order valence-corrected chi connectivity index (χ3v) is 4.85. The zero-order valence-electron chi connectivity index (χ0n) is 10.1. The number of nitrogens with zero attached hydrogens (tertiary/aromatic N) is 2. The maximum Gasteiger partial charge on any atom is 0.191 e. The predicted molar refractivity (Wildman–Crippen MR) is 82.8 cm³/mol. The van der Waals surface area contributed by atoms with Crippen molar-refractivity contribution in [2.45, 2.75) is 10.9 Å². The van der Waals surface area contributed by atoms with Crippen molar-refractivity contribution >= 4 is 50.7 Å². The third-order valence-electron chi connectivity index (χ3n) is 2.72. The molecule has 3 aromatic rings. The fraction of sp³-hybridized carbons (Fsp3) is 0.0769. The number of nitrogen functional groups attached to an aromatic ring is 1. The van der Waals surface area contributed by atoms with E-state index in [0.717, 1.165) is 10.2 Å². The van der Waals surface area contributed by atoms with Crippen LogP contribution in [-0.4, -0.2) is 9.97 Å². The lowest BCUT2D eigenvalue weighted by atomic mass is 10.2. The highest BCUT2D eigenvalue weighted by Crippen LogP contribution is 2.30. The topological polar surface area (TPSA) is 51.8 Å². The van der Waals surface area contributed by atoms with E-state index in [-0.39, 0.29) is 5.02 Å². The molecule has 2 N–H and O–H groups in total. The molecule has 0 saturated heterocycles. The minimum atomic E-state index is -0.418. The van der Waals surface area contributed by atoms with Crippen LogP contribution in [0.4, 0.5) is 10.2 Å². The molecule has 0 radical (unpaired) electrons. The fourth-order valence-corrected chi connectivity index (χ4v) is 3.67. The molecular formula is C13H9ClFN3S2. The van der Waals surface area contributed by atoms with Gasteiger partial charge in [-0.2, -0.15) is 0 Å². The van der Waals surface area contributed by atoms with Crippen molar-refractivity contribution in [3.8, 4) is 0 Å². The van der Waals surface area contributed by atoms with Gasteiger partial charge in [0, 0.05) is 5.75 Å². The van der Waals surface area contributed by atoms with Crippen molar-refractivity contribution in [1.82, 2.24) is 9.97 Å². The monoisotopic (exact) mass is 325 g/mol. The number of hydrogen-bond donors (Lipinski definition) is 1. The number of rotatable bonds is 3. The van der Waals surface area contributed by atoms with Gasteiger partial charge in [0.25, 0.3) is 0 Å². The van der Waals surface area contributed by atoms with E-state index in [9.17, 15) is 4.39 Å². The van der Waals surface area contributed by atoms with Crippen LogP contribution in [0.15, 0.2) is 34.8 Å². The van der Waals surface area contributed by atoms with Crippen LogP contribution >= 0.6 is 34.7 Å². The molecule has 0 fully saturated rings. The highest BCUT2D eigenvalue weighted by atomic mass is 35.5. The summed E-state index contributed by atoms with van der Waals surface area (Å²) in [5.41, 5.74) is 6.59. The van der Waals surface area contributed by atoms with Gasteiger partial charge < -0.3 is 5.73 Å². The average Bonchev–Trinajstić information content (AvgIpc) is 2.89. The lowest BCUT2D eigenvalue weighted by Crippen LogP contribution is -1.95. The van der Waals surface area contributed by atoms with Crippen molar-refractivity contribution in [1.29, 1.82) is 0 Å². The maximum atomic E-state index is 13.3. The van der Waals surface area contributed by atoms with Gasteiger partial charge in [-0.05, 0) is 23.1 Å². The van der Waals surface area contributed by atoms with Crippen molar-refractivity contribution in [2.75, 3.05) is 5.73 Å². The van der Waals surface area contributed by atoms with Crippen LogP contribution in [-0.2, 0) is 5.75 Å². The first-order valence-corrected chi connectivity index (χ1v) is 7.96. The molecule has 0 aliphatic heterocycles. The van der Waals surface area contributed by atoms with E-state index >= 15 is 0 Å². The summed E-state index contributed by atoms with van der Waals surface area (Å²) in [6.45, 7) is 0. The molecule has 0 aliphatic carbocycles. The summed E-state index contributed by atoms with van der Waals surface area (Å²) in [4.78, 5) is 9.51. The van der Waals surface area contributed by atoms with Gasteiger partial charge in [0.05, 0.1) is 10.4 Å². The Morgan fingerprint density at radius 2 is 2.15 bits per heavy atom. The SMILES string of the molecule is Nc1nc(SCc2cccc(F)c2Cl)nc2sccc12. The number of aromatic nitrogens is 2. The van der Waals surface area contributed by atoms with Gasteiger partial charge in [0.1, 0.15) is 16.5 Å². The summed E-state index contributed by atoms with van der Waals surface area (Å²) in [5, 5.41) is 3.50. The van der Waals surface area contributed by atoms with Gasteiger partial charge in [-0.3, -0.25) is 0 Å². The average molecular weight is 326 g/mol. The van der Waals surface area contributed by atoms with Crippen LogP contribution < -0.4 is 5.73 Å². The molecule has 0 bridgehead atoms. The lowest BCUT2D eigenvalue weighted by molar-refractivity contribution is 0.627. The van der Waals surface area contributed by atoms with Crippen LogP contribution in [0, 0.1) is 5.82 Å². The second-order valence-electron chi connectivity index (χ2n) is 4.03. The minimum absolute atomic E-state index is 0.144. The first-order valence-electron chi connectivity index (χ1n) is 5.71. The van der Waals surface area contributed by atoms with Crippen molar-refractivity contribution in [3.63, 3.8) is 0 Å². The van der Waals surface area contributed by atoms with Crippen molar-refractivity contribution in [3.05, 3.63) is 46.0 Å². The van der Waals surface area contributed by atoms with E-state index in [1.165, 1.54) is 29.2 Å². The normalized spacial score (nSPS) is 11.1. The van der Waals surface area contributed by atoms with Crippen LogP contribution in [0.25, 0.3) is 10.2 Å². The van der Waals surface area contributed by atoms with E-state index in [2.05, 4.69) is 9.97 Å². The number of fused-ring (bicyclic) bond motifs is 1. The van der Waals surface area contributed by atoms with Crippen LogP contribution in [0.5, 0.6) is 0 Å². The molecule has 102 valence electrons.